The van der Waals surface area contributed by atoms with E-state index in [1.165, 1.54) is 10.5 Å². The first kappa shape index (κ1) is 23.0. The molecule has 3 rings (SSSR count). The average molecular weight is 453 g/mol. The molecule has 0 saturated heterocycles. The smallest absolute Gasteiger partial charge is 0.171 e. The Morgan fingerprint density at radius 2 is 1.65 bits per heavy atom. The third-order valence-electron chi connectivity index (χ3n) is 4.88. The summed E-state index contributed by atoms with van der Waals surface area (Å²) in [7, 11) is 3.28. The molecule has 162 valence electrons. The Balaban J connectivity index is 1.56. The van der Waals surface area contributed by atoms with Gasteiger partial charge in [0.05, 0.1) is 20.3 Å². The average Bonchev–Trinajstić information content (AvgIpc) is 2.82. The molecule has 0 aliphatic rings. The van der Waals surface area contributed by atoms with E-state index >= 15 is 0 Å². The monoisotopic (exact) mass is 452 g/mol. The summed E-state index contributed by atoms with van der Waals surface area (Å²) >= 11 is 7.38. The number of rotatable bonds is 9. The lowest BCUT2D eigenvalue weighted by Gasteiger charge is -2.21. The topological polar surface area (TPSA) is 42.5 Å². The van der Waals surface area contributed by atoms with Crippen LogP contribution in [0.25, 0.3) is 0 Å². The van der Waals surface area contributed by atoms with Crippen molar-refractivity contribution in [2.75, 3.05) is 19.5 Å². The third kappa shape index (κ3) is 6.64. The van der Waals surface area contributed by atoms with E-state index < -0.39 is 0 Å². The van der Waals surface area contributed by atoms with Crippen LogP contribution in [0.2, 0.25) is 0 Å². The van der Waals surface area contributed by atoms with Crippen LogP contribution in [0.1, 0.15) is 30.5 Å². The Bertz CT molecular complexity index is 979. The number of hydrogen-bond acceptors (Lipinski definition) is 4. The number of methoxy groups -OCH3 is 2. The van der Waals surface area contributed by atoms with E-state index in [0.717, 1.165) is 23.4 Å². The Hall–Kier alpha value is -2.70. The van der Waals surface area contributed by atoms with Crippen LogP contribution in [0.15, 0.2) is 77.7 Å². The second kappa shape index (κ2) is 11.6. The van der Waals surface area contributed by atoms with Crippen molar-refractivity contribution < 1.29 is 9.47 Å². The number of ether oxygens (including phenoxy) is 2. The summed E-state index contributed by atoms with van der Waals surface area (Å²) in [6, 6.07) is 24.8. The zero-order valence-electron chi connectivity index (χ0n) is 18.1. The van der Waals surface area contributed by atoms with Gasteiger partial charge >= 0.3 is 0 Å². The van der Waals surface area contributed by atoms with Gasteiger partial charge in [-0.1, -0.05) is 43.3 Å². The van der Waals surface area contributed by atoms with Crippen molar-refractivity contribution in [1.29, 1.82) is 0 Å². The molecule has 0 heterocycles. The summed E-state index contributed by atoms with van der Waals surface area (Å²) in [6.07, 6.45) is 0.882. The second-order valence-electron chi connectivity index (χ2n) is 6.97. The maximum absolute atomic E-state index is 5.55. The predicted molar refractivity (Wildman–Crippen MR) is 134 cm³/mol. The lowest BCUT2D eigenvalue weighted by Crippen LogP contribution is -2.32. The molecule has 0 aromatic heterocycles. The van der Waals surface area contributed by atoms with E-state index in [-0.39, 0.29) is 6.04 Å². The van der Waals surface area contributed by atoms with E-state index in [4.69, 9.17) is 21.7 Å². The lowest BCUT2D eigenvalue weighted by molar-refractivity contribution is 0.354. The molecule has 4 nitrogen and oxygen atoms in total. The quantitative estimate of drug-likeness (QED) is 0.288. The predicted octanol–water partition coefficient (Wildman–Crippen LogP) is 6.43. The minimum atomic E-state index is 0.0707. The zero-order chi connectivity index (χ0) is 22.1. The van der Waals surface area contributed by atoms with Crippen LogP contribution in [-0.2, 0) is 5.75 Å². The summed E-state index contributed by atoms with van der Waals surface area (Å²) in [5.74, 6) is 2.36. The first-order chi connectivity index (χ1) is 15.1. The first-order valence-corrected chi connectivity index (χ1v) is 11.6. The molecule has 0 aliphatic carbocycles. The Morgan fingerprint density at radius 1 is 0.935 bits per heavy atom. The number of benzene rings is 3. The fourth-order valence-electron chi connectivity index (χ4n) is 3.18. The van der Waals surface area contributed by atoms with Gasteiger partial charge in [0.15, 0.2) is 16.6 Å². The molecule has 0 spiro atoms. The van der Waals surface area contributed by atoms with Crippen molar-refractivity contribution in [2.45, 2.75) is 30.0 Å². The molecule has 3 aromatic rings. The second-order valence-corrected chi connectivity index (χ2v) is 8.43. The number of thioether (sulfide) groups is 1. The molecule has 0 saturated carbocycles. The first-order valence-electron chi connectivity index (χ1n) is 10.2. The Labute approximate surface area is 194 Å². The van der Waals surface area contributed by atoms with Crippen molar-refractivity contribution in [1.82, 2.24) is 5.32 Å². The molecule has 1 atom stereocenters. The molecule has 0 aliphatic heterocycles. The maximum Gasteiger partial charge on any atom is 0.171 e. The number of hydrogen-bond donors (Lipinski definition) is 2. The molecule has 0 amide bonds. The normalized spacial score (nSPS) is 11.5. The van der Waals surface area contributed by atoms with Crippen molar-refractivity contribution in [2.24, 2.45) is 0 Å². The highest BCUT2D eigenvalue weighted by molar-refractivity contribution is 7.98. The van der Waals surface area contributed by atoms with Gasteiger partial charge in [0.2, 0.25) is 0 Å². The molecule has 31 heavy (non-hydrogen) atoms. The summed E-state index contributed by atoms with van der Waals surface area (Å²) in [4.78, 5) is 1.27. The highest BCUT2D eigenvalue weighted by Crippen LogP contribution is 2.31. The van der Waals surface area contributed by atoms with Crippen LogP contribution in [-0.4, -0.2) is 19.3 Å². The van der Waals surface area contributed by atoms with Crippen LogP contribution < -0.4 is 20.1 Å². The van der Waals surface area contributed by atoms with Crippen LogP contribution in [0.4, 0.5) is 5.69 Å². The van der Waals surface area contributed by atoms with Crippen molar-refractivity contribution in [3.63, 3.8) is 0 Å². The van der Waals surface area contributed by atoms with Gasteiger partial charge < -0.3 is 20.1 Å². The van der Waals surface area contributed by atoms with Gasteiger partial charge in [-0.15, -0.1) is 11.8 Å². The number of nitrogens with one attached hydrogen (secondary N) is 2. The fourth-order valence-corrected chi connectivity index (χ4v) is 4.32. The van der Waals surface area contributed by atoms with E-state index in [2.05, 4.69) is 66.1 Å². The van der Waals surface area contributed by atoms with Gasteiger partial charge in [0.1, 0.15) is 0 Å². The molecule has 0 unspecified atom stereocenters. The molecule has 0 bridgehead atoms. The standard InChI is InChI=1S/C25H28N2O2S2/c1-4-22(19-12-15-23(28-2)24(16-19)29-3)27-25(30)26-20-13-10-18(11-14-20)17-31-21-8-6-5-7-9-21/h5-16,22H,4,17H2,1-3H3,(H2,26,27,30)/t22-/m1/s1. The molecule has 0 fully saturated rings. The van der Waals surface area contributed by atoms with Gasteiger partial charge in [0.25, 0.3) is 0 Å². The van der Waals surface area contributed by atoms with E-state index in [1.807, 2.05) is 36.0 Å². The van der Waals surface area contributed by atoms with E-state index in [1.54, 1.807) is 14.2 Å². The van der Waals surface area contributed by atoms with Crippen LogP contribution >= 0.6 is 24.0 Å². The lowest BCUT2D eigenvalue weighted by atomic mass is 10.0. The molecule has 6 heteroatoms. The minimum Gasteiger partial charge on any atom is -0.493 e. The van der Waals surface area contributed by atoms with Gasteiger partial charge in [-0.3, -0.25) is 0 Å². The number of thiocarbonyl (C=S) groups is 1. The molecular formula is C25H28N2O2S2. The Kier molecular flexibility index (Phi) is 8.62. The van der Waals surface area contributed by atoms with Crippen LogP contribution in [0, 0.1) is 0 Å². The number of anilines is 1. The van der Waals surface area contributed by atoms with E-state index in [9.17, 15) is 0 Å². The fraction of sp³-hybridized carbons (Fsp3) is 0.240. The van der Waals surface area contributed by atoms with Crippen molar-refractivity contribution in [3.05, 3.63) is 83.9 Å². The van der Waals surface area contributed by atoms with Crippen molar-refractivity contribution in [3.8, 4) is 11.5 Å². The van der Waals surface area contributed by atoms with Crippen LogP contribution in [0.5, 0.6) is 11.5 Å². The van der Waals surface area contributed by atoms with Gasteiger partial charge in [0, 0.05) is 16.3 Å². The summed E-state index contributed by atoms with van der Waals surface area (Å²) in [5.41, 5.74) is 3.33. The van der Waals surface area contributed by atoms with Crippen molar-refractivity contribution >= 4 is 34.8 Å². The highest BCUT2D eigenvalue weighted by Gasteiger charge is 2.14. The van der Waals surface area contributed by atoms with Gasteiger partial charge in [-0.2, -0.15) is 0 Å². The molecule has 0 radical (unpaired) electrons. The largest absolute Gasteiger partial charge is 0.493 e. The molecule has 3 aromatic carbocycles. The molecular weight excluding hydrogens is 424 g/mol. The summed E-state index contributed by atoms with van der Waals surface area (Å²) in [6.45, 7) is 2.12. The summed E-state index contributed by atoms with van der Waals surface area (Å²) < 4.78 is 10.8. The Morgan fingerprint density at radius 3 is 2.29 bits per heavy atom. The third-order valence-corrected chi connectivity index (χ3v) is 6.19. The van der Waals surface area contributed by atoms with E-state index in [0.29, 0.717) is 16.6 Å². The highest BCUT2D eigenvalue weighted by atomic mass is 32.2. The molecule has 2 N–H and O–H groups in total. The summed E-state index contributed by atoms with van der Waals surface area (Å²) in [5, 5.41) is 7.28. The SMILES string of the molecule is CC[C@@H](NC(=S)Nc1ccc(CSc2ccccc2)cc1)c1ccc(OC)c(OC)c1. The van der Waals surface area contributed by atoms with Gasteiger partial charge in [-0.05, 0) is 66.2 Å². The maximum atomic E-state index is 5.55. The zero-order valence-corrected chi connectivity index (χ0v) is 19.7. The van der Waals surface area contributed by atoms with Crippen LogP contribution in [0.3, 0.4) is 0 Å². The van der Waals surface area contributed by atoms with Gasteiger partial charge in [-0.25, -0.2) is 0 Å². The minimum absolute atomic E-state index is 0.0707.